The van der Waals surface area contributed by atoms with Gasteiger partial charge < -0.3 is 19.5 Å². The first-order valence-corrected chi connectivity index (χ1v) is 9.17. The van der Waals surface area contributed by atoms with Crippen LogP contribution in [0.25, 0.3) is 0 Å². The third-order valence-corrected chi connectivity index (χ3v) is 5.38. The van der Waals surface area contributed by atoms with Crippen LogP contribution in [0.5, 0.6) is 11.5 Å². The molecule has 0 aliphatic carbocycles. The summed E-state index contributed by atoms with van der Waals surface area (Å²) in [6, 6.07) is 16.6. The van der Waals surface area contributed by atoms with Gasteiger partial charge in [0.15, 0.2) is 0 Å². The van der Waals surface area contributed by atoms with Crippen molar-refractivity contribution in [1.29, 1.82) is 0 Å². The zero-order chi connectivity index (χ0) is 16.7. The maximum Gasteiger partial charge on any atom is 0.351 e. The number of hydrogen-bond acceptors (Lipinski definition) is 5. The highest BCUT2D eigenvalue weighted by Gasteiger charge is 2.33. The molecule has 2 rings (SSSR count). The Hall–Kier alpha value is -1.65. The predicted molar refractivity (Wildman–Crippen MR) is 90.7 cm³/mol. The van der Waals surface area contributed by atoms with Crippen molar-refractivity contribution in [1.82, 2.24) is 0 Å². The predicted octanol–water partition coefficient (Wildman–Crippen LogP) is 4.70. The van der Waals surface area contributed by atoms with Crippen LogP contribution in [0.4, 0.5) is 0 Å². The number of para-hydroxylation sites is 1. The van der Waals surface area contributed by atoms with Crippen LogP contribution in [-0.4, -0.2) is 13.2 Å². The number of ether oxygens (including phenoxy) is 1. The first-order chi connectivity index (χ1) is 11.1. The van der Waals surface area contributed by atoms with E-state index in [4.69, 9.17) is 19.5 Å². The lowest BCUT2D eigenvalue weighted by atomic mass is 10.2. The summed E-state index contributed by atoms with van der Waals surface area (Å²) in [7, 11) is -3.38. The summed E-state index contributed by atoms with van der Waals surface area (Å²) in [5.41, 5.74) is 6.77. The molecule has 6 heteroatoms. The van der Waals surface area contributed by atoms with E-state index in [0.717, 1.165) is 5.75 Å². The number of rotatable bonds is 8. The van der Waals surface area contributed by atoms with Crippen LogP contribution in [0, 0.1) is 0 Å². The van der Waals surface area contributed by atoms with E-state index in [2.05, 4.69) is 0 Å². The molecule has 2 aromatic rings. The fourth-order valence-corrected chi connectivity index (χ4v) is 3.75. The molecule has 124 valence electrons. The Balaban J connectivity index is 2.13. The average molecular weight is 335 g/mol. The molecule has 2 aromatic carbocycles. The zero-order valence-corrected chi connectivity index (χ0v) is 14.2. The van der Waals surface area contributed by atoms with E-state index in [-0.39, 0.29) is 13.2 Å². The Morgan fingerprint density at radius 3 is 1.96 bits per heavy atom. The van der Waals surface area contributed by atoms with Crippen LogP contribution < -0.4 is 10.5 Å². The standard InChI is InChI=1S/C17H22NO4P/c1-3-20-23(19,21-4-2)17(18)14-10-12-16(13-11-14)22-15-8-6-5-7-9-15/h5-13,17H,3-4,18H2,1-2H3/t17-/m1/s1. The summed E-state index contributed by atoms with van der Waals surface area (Å²) in [4.78, 5) is 0. The van der Waals surface area contributed by atoms with Crippen LogP contribution in [0.3, 0.4) is 0 Å². The molecule has 2 N–H and O–H groups in total. The lowest BCUT2D eigenvalue weighted by Gasteiger charge is -2.23. The summed E-state index contributed by atoms with van der Waals surface area (Å²) >= 11 is 0. The smallest absolute Gasteiger partial charge is 0.351 e. The van der Waals surface area contributed by atoms with Crippen molar-refractivity contribution < 1.29 is 18.3 Å². The molecule has 0 aliphatic rings. The third kappa shape index (κ3) is 4.66. The fraction of sp³-hybridized carbons (Fsp3) is 0.294. The van der Waals surface area contributed by atoms with E-state index in [1.807, 2.05) is 30.3 Å². The molecule has 0 saturated carbocycles. The molecule has 0 heterocycles. The molecule has 0 aromatic heterocycles. The average Bonchev–Trinajstić information content (AvgIpc) is 2.56. The highest BCUT2D eigenvalue weighted by Crippen LogP contribution is 2.58. The highest BCUT2D eigenvalue weighted by atomic mass is 31.2. The molecule has 0 radical (unpaired) electrons. The van der Waals surface area contributed by atoms with E-state index >= 15 is 0 Å². The highest BCUT2D eigenvalue weighted by molar-refractivity contribution is 7.54. The van der Waals surface area contributed by atoms with Gasteiger partial charge in [0, 0.05) is 0 Å². The van der Waals surface area contributed by atoms with Gasteiger partial charge in [0.25, 0.3) is 0 Å². The van der Waals surface area contributed by atoms with Crippen molar-refractivity contribution in [3.8, 4) is 11.5 Å². The summed E-state index contributed by atoms with van der Waals surface area (Å²) in [6.07, 6.45) is 0. The van der Waals surface area contributed by atoms with Crippen molar-refractivity contribution in [2.75, 3.05) is 13.2 Å². The second-order valence-electron chi connectivity index (χ2n) is 4.80. The minimum atomic E-state index is -3.38. The first kappa shape index (κ1) is 17.7. The third-order valence-electron chi connectivity index (χ3n) is 3.16. The van der Waals surface area contributed by atoms with Crippen LogP contribution in [0.1, 0.15) is 25.2 Å². The maximum atomic E-state index is 12.7. The first-order valence-electron chi connectivity index (χ1n) is 7.56. The Morgan fingerprint density at radius 2 is 1.43 bits per heavy atom. The van der Waals surface area contributed by atoms with Gasteiger partial charge in [0.2, 0.25) is 0 Å². The van der Waals surface area contributed by atoms with Gasteiger partial charge in [-0.2, -0.15) is 0 Å². The lowest BCUT2D eigenvalue weighted by molar-refractivity contribution is 0.212. The Kier molecular flexibility index (Phi) is 6.37. The monoisotopic (exact) mass is 335 g/mol. The maximum absolute atomic E-state index is 12.7. The van der Waals surface area contributed by atoms with E-state index in [9.17, 15) is 4.57 Å². The van der Waals surface area contributed by atoms with Gasteiger partial charge in [0.05, 0.1) is 13.2 Å². The Morgan fingerprint density at radius 1 is 0.913 bits per heavy atom. The van der Waals surface area contributed by atoms with Crippen LogP contribution in [-0.2, 0) is 13.6 Å². The molecular weight excluding hydrogens is 313 g/mol. The fourth-order valence-electron chi connectivity index (χ4n) is 2.10. The normalized spacial score (nSPS) is 12.8. The Labute approximate surface area is 136 Å². The summed E-state index contributed by atoms with van der Waals surface area (Å²) < 4.78 is 29.0. The second-order valence-corrected chi connectivity index (χ2v) is 6.96. The van der Waals surface area contributed by atoms with Gasteiger partial charge in [-0.15, -0.1) is 0 Å². The molecule has 0 saturated heterocycles. The number of hydrogen-bond donors (Lipinski definition) is 1. The van der Waals surface area contributed by atoms with Crippen molar-refractivity contribution in [3.63, 3.8) is 0 Å². The summed E-state index contributed by atoms with van der Waals surface area (Å²) in [5.74, 6) is 0.599. The van der Waals surface area contributed by atoms with Gasteiger partial charge in [0.1, 0.15) is 17.3 Å². The quantitative estimate of drug-likeness (QED) is 0.708. The molecule has 0 spiro atoms. The van der Waals surface area contributed by atoms with Gasteiger partial charge in [-0.1, -0.05) is 30.3 Å². The van der Waals surface area contributed by atoms with E-state index in [0.29, 0.717) is 11.3 Å². The molecule has 1 atom stereocenters. The number of nitrogens with two attached hydrogens (primary N) is 1. The molecule has 0 amide bonds. The second kappa shape index (κ2) is 8.27. The molecule has 0 aliphatic heterocycles. The van der Waals surface area contributed by atoms with Gasteiger partial charge >= 0.3 is 7.60 Å². The topological polar surface area (TPSA) is 70.8 Å². The van der Waals surface area contributed by atoms with Crippen molar-refractivity contribution >= 4 is 7.60 Å². The van der Waals surface area contributed by atoms with Gasteiger partial charge in [-0.3, -0.25) is 4.57 Å². The van der Waals surface area contributed by atoms with Crippen LogP contribution in [0.2, 0.25) is 0 Å². The minimum Gasteiger partial charge on any atom is -0.457 e. The van der Waals surface area contributed by atoms with Crippen LogP contribution in [0.15, 0.2) is 54.6 Å². The molecule has 0 bridgehead atoms. The number of benzene rings is 2. The molecule has 5 nitrogen and oxygen atoms in total. The molecule has 0 fully saturated rings. The SMILES string of the molecule is CCOP(=O)(OCC)[C@@H](N)c1ccc(Oc2ccccc2)cc1. The molecule has 23 heavy (non-hydrogen) atoms. The molecule has 0 unspecified atom stereocenters. The van der Waals surface area contributed by atoms with E-state index in [1.54, 1.807) is 38.1 Å². The van der Waals surface area contributed by atoms with E-state index in [1.165, 1.54) is 0 Å². The largest absolute Gasteiger partial charge is 0.457 e. The van der Waals surface area contributed by atoms with Crippen molar-refractivity contribution in [2.45, 2.75) is 19.6 Å². The summed E-state index contributed by atoms with van der Waals surface area (Å²) in [5, 5.41) is 0. The zero-order valence-electron chi connectivity index (χ0n) is 13.3. The van der Waals surface area contributed by atoms with Crippen LogP contribution >= 0.6 is 7.60 Å². The molecular formula is C17H22NO4P. The van der Waals surface area contributed by atoms with Gasteiger partial charge in [-0.25, -0.2) is 0 Å². The van der Waals surface area contributed by atoms with Gasteiger partial charge in [-0.05, 0) is 43.7 Å². The minimum absolute atomic E-state index is 0.278. The van der Waals surface area contributed by atoms with Crippen molar-refractivity contribution in [2.24, 2.45) is 5.73 Å². The Bertz CT molecular complexity index is 635. The van der Waals surface area contributed by atoms with E-state index < -0.39 is 13.4 Å². The summed E-state index contributed by atoms with van der Waals surface area (Å²) in [6.45, 7) is 4.07. The lowest BCUT2D eigenvalue weighted by Crippen LogP contribution is -2.14. The van der Waals surface area contributed by atoms with Crippen molar-refractivity contribution in [3.05, 3.63) is 60.2 Å².